The van der Waals surface area contributed by atoms with E-state index < -0.39 is 0 Å². The van der Waals surface area contributed by atoms with Crippen molar-refractivity contribution in [3.8, 4) is 5.75 Å². The molecule has 1 amide bonds. The zero-order chi connectivity index (χ0) is 21.6. The van der Waals surface area contributed by atoms with Crippen LogP contribution in [0.25, 0.3) is 11.0 Å². The van der Waals surface area contributed by atoms with Crippen molar-refractivity contribution in [3.05, 3.63) is 59.4 Å². The number of aromatic nitrogens is 2. The molecule has 2 heterocycles. The van der Waals surface area contributed by atoms with Gasteiger partial charge in [-0.05, 0) is 87.0 Å². The van der Waals surface area contributed by atoms with Gasteiger partial charge in [0, 0.05) is 18.8 Å². The summed E-state index contributed by atoms with van der Waals surface area (Å²) in [6.45, 7) is 5.03. The number of H-pyrrole nitrogens is 1. The van der Waals surface area contributed by atoms with E-state index in [0.29, 0.717) is 24.0 Å². The Hall–Kier alpha value is -2.86. The number of fused-ring (bicyclic) bond motifs is 2. The lowest BCUT2D eigenvalue weighted by atomic mass is 9.86. The third-order valence-electron chi connectivity index (χ3n) is 6.25. The number of phenols is 1. The van der Waals surface area contributed by atoms with Gasteiger partial charge in [0.2, 0.25) is 0 Å². The van der Waals surface area contributed by atoms with Crippen LogP contribution in [0, 0.1) is 0 Å². The minimum atomic E-state index is -0.0768. The Kier molecular flexibility index (Phi) is 6.87. The maximum Gasteiger partial charge on any atom is 0.267 e. The Bertz CT molecular complexity index is 996. The van der Waals surface area contributed by atoms with Crippen LogP contribution >= 0.6 is 0 Å². The number of carbonyl (C=O) groups is 1. The Morgan fingerprint density at radius 2 is 2.16 bits per heavy atom. The number of benzene rings is 1. The van der Waals surface area contributed by atoms with E-state index in [1.807, 2.05) is 18.2 Å². The van der Waals surface area contributed by atoms with Crippen LogP contribution in [0.15, 0.2) is 42.6 Å². The second-order valence-electron chi connectivity index (χ2n) is 8.43. The molecule has 0 saturated carbocycles. The van der Waals surface area contributed by atoms with E-state index in [4.69, 9.17) is 0 Å². The van der Waals surface area contributed by atoms with E-state index >= 15 is 0 Å². The van der Waals surface area contributed by atoms with E-state index in [1.165, 1.54) is 5.56 Å². The largest absolute Gasteiger partial charge is 0.508 e. The van der Waals surface area contributed by atoms with Crippen molar-refractivity contribution >= 4 is 16.9 Å². The summed E-state index contributed by atoms with van der Waals surface area (Å²) < 4.78 is 0. The van der Waals surface area contributed by atoms with Crippen molar-refractivity contribution < 1.29 is 9.90 Å². The molecule has 0 fully saturated rings. The van der Waals surface area contributed by atoms with Crippen LogP contribution in [-0.2, 0) is 12.8 Å². The fraction of sp³-hybridized carbons (Fsp3) is 0.440. The van der Waals surface area contributed by atoms with Gasteiger partial charge in [0.25, 0.3) is 5.91 Å². The number of aromatic amines is 1. The first-order valence-corrected chi connectivity index (χ1v) is 11.4. The number of nitrogens with zero attached hydrogens (tertiary/aromatic N) is 2. The minimum absolute atomic E-state index is 0.0768. The smallest absolute Gasteiger partial charge is 0.267 e. The van der Waals surface area contributed by atoms with E-state index in [2.05, 4.69) is 33.2 Å². The maximum atomic E-state index is 12.4. The number of unbranched alkanes of at least 4 members (excludes halogenated alkanes) is 1. The number of hydrogen-bond acceptors (Lipinski definition) is 4. The lowest BCUT2D eigenvalue weighted by Gasteiger charge is -2.35. The van der Waals surface area contributed by atoms with E-state index in [-0.39, 0.29) is 5.91 Å². The van der Waals surface area contributed by atoms with Gasteiger partial charge >= 0.3 is 0 Å². The molecule has 3 aromatic rings. The molecule has 1 aliphatic carbocycles. The second-order valence-corrected chi connectivity index (χ2v) is 8.43. The van der Waals surface area contributed by atoms with Crippen LogP contribution in [0.1, 0.15) is 54.2 Å². The normalized spacial score (nSPS) is 15.9. The first-order chi connectivity index (χ1) is 15.2. The summed E-state index contributed by atoms with van der Waals surface area (Å²) in [4.78, 5) is 22.4. The molecule has 0 saturated heterocycles. The average molecular weight is 421 g/mol. The standard InChI is InChI=1S/C25H32N4O2/c1-2-14-29(19-10-11-20-18(16-19)7-5-9-24(20)30)15-4-3-12-27-25(31)23-17-22-21(28-23)8-6-13-26-22/h5-9,13,17,19,28,30H,2-4,10-12,14-16H2,1H3,(H,27,31). The van der Waals surface area contributed by atoms with Gasteiger partial charge in [-0.2, -0.15) is 0 Å². The van der Waals surface area contributed by atoms with Gasteiger partial charge in [0.15, 0.2) is 0 Å². The SMILES string of the molecule is CCCN(CCCCNC(=O)c1cc2ncccc2[nH]1)C1CCc2c(O)cccc2C1. The zero-order valence-corrected chi connectivity index (χ0v) is 18.2. The molecule has 0 radical (unpaired) electrons. The quantitative estimate of drug-likeness (QED) is 0.456. The van der Waals surface area contributed by atoms with Crippen molar-refractivity contribution in [2.24, 2.45) is 0 Å². The highest BCUT2D eigenvalue weighted by atomic mass is 16.3. The number of amides is 1. The molecule has 1 unspecified atom stereocenters. The third kappa shape index (κ3) is 5.07. The molecule has 1 atom stereocenters. The molecular weight excluding hydrogens is 388 g/mol. The second kappa shape index (κ2) is 9.96. The molecule has 6 heteroatoms. The fourth-order valence-corrected chi connectivity index (χ4v) is 4.66. The third-order valence-corrected chi connectivity index (χ3v) is 6.25. The molecule has 2 aromatic heterocycles. The fourth-order valence-electron chi connectivity index (χ4n) is 4.66. The summed E-state index contributed by atoms with van der Waals surface area (Å²) in [5.74, 6) is 0.367. The van der Waals surface area contributed by atoms with Crippen LogP contribution in [0.4, 0.5) is 0 Å². The van der Waals surface area contributed by atoms with Gasteiger partial charge in [-0.15, -0.1) is 0 Å². The number of pyridine rings is 1. The minimum Gasteiger partial charge on any atom is -0.508 e. The topological polar surface area (TPSA) is 81.2 Å². The van der Waals surface area contributed by atoms with Crippen LogP contribution in [-0.4, -0.2) is 51.6 Å². The van der Waals surface area contributed by atoms with Gasteiger partial charge < -0.3 is 20.3 Å². The molecule has 6 nitrogen and oxygen atoms in total. The molecule has 4 rings (SSSR count). The molecule has 164 valence electrons. The Morgan fingerprint density at radius 1 is 1.26 bits per heavy atom. The summed E-state index contributed by atoms with van der Waals surface area (Å²) in [5, 5.41) is 13.1. The van der Waals surface area contributed by atoms with E-state index in [0.717, 1.165) is 68.2 Å². The molecule has 31 heavy (non-hydrogen) atoms. The predicted molar refractivity (Wildman–Crippen MR) is 123 cm³/mol. The summed E-state index contributed by atoms with van der Waals surface area (Å²) in [7, 11) is 0. The lowest BCUT2D eigenvalue weighted by Crippen LogP contribution is -2.40. The monoisotopic (exact) mass is 420 g/mol. The molecular formula is C25H32N4O2. The summed E-state index contributed by atoms with van der Waals surface area (Å²) in [5.41, 5.74) is 4.67. The van der Waals surface area contributed by atoms with Crippen LogP contribution in [0.2, 0.25) is 0 Å². The predicted octanol–water partition coefficient (Wildman–Crippen LogP) is 4.05. The highest BCUT2D eigenvalue weighted by Gasteiger charge is 2.25. The average Bonchev–Trinajstić information content (AvgIpc) is 3.22. The maximum absolute atomic E-state index is 12.4. The Morgan fingerprint density at radius 3 is 3.00 bits per heavy atom. The Labute approximate surface area is 183 Å². The zero-order valence-electron chi connectivity index (χ0n) is 18.2. The van der Waals surface area contributed by atoms with Gasteiger partial charge in [-0.1, -0.05) is 19.1 Å². The van der Waals surface area contributed by atoms with Crippen LogP contribution in [0.3, 0.4) is 0 Å². The highest BCUT2D eigenvalue weighted by molar-refractivity contribution is 5.96. The van der Waals surface area contributed by atoms with Crippen molar-refractivity contribution in [2.45, 2.75) is 51.5 Å². The Balaban J connectivity index is 1.24. The number of hydrogen-bond donors (Lipinski definition) is 3. The van der Waals surface area contributed by atoms with Crippen LogP contribution in [0.5, 0.6) is 5.75 Å². The van der Waals surface area contributed by atoms with Gasteiger partial charge in [-0.25, -0.2) is 0 Å². The first-order valence-electron chi connectivity index (χ1n) is 11.4. The molecule has 0 spiro atoms. The van der Waals surface area contributed by atoms with Crippen molar-refractivity contribution in [2.75, 3.05) is 19.6 Å². The van der Waals surface area contributed by atoms with E-state index in [9.17, 15) is 9.90 Å². The summed E-state index contributed by atoms with van der Waals surface area (Å²) in [6.07, 6.45) is 7.92. The van der Waals surface area contributed by atoms with Crippen molar-refractivity contribution in [3.63, 3.8) is 0 Å². The van der Waals surface area contributed by atoms with Gasteiger partial charge in [0.05, 0.1) is 11.0 Å². The first kappa shape index (κ1) is 21.4. The molecule has 1 aliphatic rings. The number of phenolic OH excluding ortho intramolecular Hbond substituents is 1. The number of carbonyl (C=O) groups excluding carboxylic acids is 1. The van der Waals surface area contributed by atoms with Gasteiger partial charge in [-0.3, -0.25) is 9.78 Å². The van der Waals surface area contributed by atoms with E-state index in [1.54, 1.807) is 18.3 Å². The number of nitrogens with one attached hydrogen (secondary N) is 2. The van der Waals surface area contributed by atoms with Crippen LogP contribution < -0.4 is 5.32 Å². The number of aromatic hydroxyl groups is 1. The summed E-state index contributed by atoms with van der Waals surface area (Å²) >= 11 is 0. The molecule has 1 aromatic carbocycles. The van der Waals surface area contributed by atoms with Crippen molar-refractivity contribution in [1.82, 2.24) is 20.2 Å². The highest BCUT2D eigenvalue weighted by Crippen LogP contribution is 2.30. The number of rotatable bonds is 9. The molecule has 0 aliphatic heterocycles. The summed E-state index contributed by atoms with van der Waals surface area (Å²) in [6, 6.07) is 12.0. The van der Waals surface area contributed by atoms with Crippen molar-refractivity contribution in [1.29, 1.82) is 0 Å². The molecule has 3 N–H and O–H groups in total. The lowest BCUT2D eigenvalue weighted by molar-refractivity contribution is 0.0947. The molecule has 0 bridgehead atoms. The van der Waals surface area contributed by atoms with Gasteiger partial charge in [0.1, 0.15) is 11.4 Å².